The molecule has 8 nitrogen and oxygen atoms in total. The van der Waals surface area contributed by atoms with Crippen LogP contribution in [0.4, 0.5) is 10.2 Å². The number of aromatic nitrogens is 3. The Morgan fingerprint density at radius 1 is 1.18 bits per heavy atom. The molecule has 0 radical (unpaired) electrons. The number of halogens is 1. The summed E-state index contributed by atoms with van der Waals surface area (Å²) in [4.78, 5) is 17.0. The van der Waals surface area contributed by atoms with Gasteiger partial charge in [-0.05, 0) is 55.2 Å². The maximum absolute atomic E-state index is 13.7. The standard InChI is InChI=1S/C29H26FN7OS/c1-29(34-6-7-39-29)25-10-23-27(19(11-31)13-33-28(23)35-25)17-2-5-26(32-12-17)36-15-21-9-22(16-36)37(21)14-18-8-20(30)3-4-24(18)38/h2-8,10,12-13,21-22,34,38H,9,14-16H2,1H3,(H,33,35). The number of benzene rings is 1. The number of piperazine rings is 1. The Kier molecular flexibility index (Phi) is 5.54. The van der Waals surface area contributed by atoms with Gasteiger partial charge in [-0.15, -0.1) is 0 Å². The first kappa shape index (κ1) is 24.0. The number of thioether (sulfide) groups is 1. The molecule has 4 aliphatic heterocycles. The SMILES string of the molecule is CC1(c2cc3c(-c4ccc(N5CC6CC(C5)N6Cc5cc(F)ccc5O)nc4)c(C#N)cnc3[nH]2)NC=CS1. The van der Waals surface area contributed by atoms with Crippen LogP contribution in [0.15, 0.2) is 60.4 Å². The van der Waals surface area contributed by atoms with E-state index in [0.717, 1.165) is 53.2 Å². The van der Waals surface area contributed by atoms with E-state index in [1.165, 1.54) is 18.2 Å². The number of pyridine rings is 2. The van der Waals surface area contributed by atoms with E-state index in [9.17, 15) is 14.8 Å². The van der Waals surface area contributed by atoms with Gasteiger partial charge in [0.15, 0.2) is 0 Å². The summed E-state index contributed by atoms with van der Waals surface area (Å²) >= 11 is 1.68. The van der Waals surface area contributed by atoms with Gasteiger partial charge in [-0.3, -0.25) is 4.90 Å². The van der Waals surface area contributed by atoms with E-state index in [4.69, 9.17) is 4.98 Å². The van der Waals surface area contributed by atoms with Crippen LogP contribution in [0.5, 0.6) is 5.75 Å². The molecule has 4 aliphatic rings. The number of phenolic OH excluding ortho intramolecular Hbond substituents is 1. The van der Waals surface area contributed by atoms with E-state index in [1.54, 1.807) is 18.0 Å². The fraction of sp³-hybridized carbons (Fsp3) is 0.276. The molecule has 8 rings (SSSR count). The number of phenols is 1. The highest BCUT2D eigenvalue weighted by Gasteiger charge is 2.45. The van der Waals surface area contributed by atoms with Crippen molar-refractivity contribution in [2.75, 3.05) is 18.0 Å². The molecule has 3 aromatic heterocycles. The average Bonchev–Trinajstić information content (AvgIpc) is 3.60. The number of H-pyrrole nitrogens is 1. The Morgan fingerprint density at radius 3 is 2.74 bits per heavy atom. The summed E-state index contributed by atoms with van der Waals surface area (Å²) in [5, 5.41) is 26.3. The first-order valence-corrected chi connectivity index (χ1v) is 13.8. The molecule has 3 fully saturated rings. The van der Waals surface area contributed by atoms with Crippen LogP contribution < -0.4 is 10.2 Å². The Bertz CT molecular complexity index is 1640. The molecule has 10 heteroatoms. The number of fused-ring (bicyclic) bond motifs is 3. The van der Waals surface area contributed by atoms with Gasteiger partial charge in [0.1, 0.15) is 34.0 Å². The smallest absolute Gasteiger partial charge is 0.138 e. The second-order valence-corrected chi connectivity index (χ2v) is 11.8. The number of hydrogen-bond donors (Lipinski definition) is 3. The van der Waals surface area contributed by atoms with Crippen LogP contribution in [0.3, 0.4) is 0 Å². The molecular formula is C29H26FN7OS. The predicted molar refractivity (Wildman–Crippen MR) is 149 cm³/mol. The van der Waals surface area contributed by atoms with Crippen molar-refractivity contribution >= 4 is 28.6 Å². The molecule has 0 amide bonds. The van der Waals surface area contributed by atoms with Gasteiger partial charge in [0, 0.05) is 72.4 Å². The molecule has 7 heterocycles. The van der Waals surface area contributed by atoms with E-state index in [2.05, 4.69) is 44.1 Å². The Balaban J connectivity index is 1.12. The van der Waals surface area contributed by atoms with Crippen LogP contribution in [0.1, 0.15) is 30.2 Å². The third-order valence-electron chi connectivity index (χ3n) is 8.12. The monoisotopic (exact) mass is 539 g/mol. The van der Waals surface area contributed by atoms with Gasteiger partial charge in [-0.1, -0.05) is 11.8 Å². The van der Waals surface area contributed by atoms with Crippen molar-refractivity contribution in [2.24, 2.45) is 0 Å². The quantitative estimate of drug-likeness (QED) is 0.333. The Morgan fingerprint density at radius 2 is 2.03 bits per heavy atom. The van der Waals surface area contributed by atoms with Crippen molar-refractivity contribution in [3.63, 3.8) is 0 Å². The van der Waals surface area contributed by atoms with Crippen LogP contribution in [-0.4, -0.2) is 50.1 Å². The highest BCUT2D eigenvalue weighted by Crippen LogP contribution is 2.41. The van der Waals surface area contributed by atoms with Crippen molar-refractivity contribution in [2.45, 2.75) is 36.8 Å². The molecule has 0 aliphatic carbocycles. The average molecular weight is 540 g/mol. The fourth-order valence-electron chi connectivity index (χ4n) is 6.00. The Hall–Kier alpha value is -4.07. The van der Waals surface area contributed by atoms with Gasteiger partial charge in [0.05, 0.1) is 11.3 Å². The van der Waals surface area contributed by atoms with E-state index in [-0.39, 0.29) is 16.4 Å². The zero-order valence-corrected chi connectivity index (χ0v) is 22.0. The number of aromatic amines is 1. The second kappa shape index (κ2) is 9.00. The summed E-state index contributed by atoms with van der Waals surface area (Å²) in [5.74, 6) is 0.697. The molecule has 0 saturated carbocycles. The predicted octanol–water partition coefficient (Wildman–Crippen LogP) is 4.78. The molecule has 3 N–H and O–H groups in total. The minimum absolute atomic E-state index is 0.135. The molecule has 3 saturated heterocycles. The highest BCUT2D eigenvalue weighted by molar-refractivity contribution is 8.03. The topological polar surface area (TPSA) is 104 Å². The molecule has 2 bridgehead atoms. The number of rotatable bonds is 5. The number of hydrogen-bond acceptors (Lipinski definition) is 8. The van der Waals surface area contributed by atoms with Crippen molar-refractivity contribution in [3.8, 4) is 22.9 Å². The molecule has 3 unspecified atom stereocenters. The number of piperidine rings is 1. The summed E-state index contributed by atoms with van der Waals surface area (Å²) in [6, 6.07) is 13.2. The van der Waals surface area contributed by atoms with Crippen molar-refractivity contribution < 1.29 is 9.50 Å². The van der Waals surface area contributed by atoms with E-state index >= 15 is 0 Å². The first-order chi connectivity index (χ1) is 18.9. The van der Waals surface area contributed by atoms with Gasteiger partial charge in [0.25, 0.3) is 0 Å². The van der Waals surface area contributed by atoms with Gasteiger partial charge in [-0.25, -0.2) is 14.4 Å². The summed E-state index contributed by atoms with van der Waals surface area (Å²) in [6.45, 7) is 4.28. The van der Waals surface area contributed by atoms with Gasteiger partial charge >= 0.3 is 0 Å². The third-order valence-corrected chi connectivity index (χ3v) is 9.20. The molecule has 1 aromatic carbocycles. The van der Waals surface area contributed by atoms with Crippen LogP contribution in [0.25, 0.3) is 22.2 Å². The molecule has 4 aromatic rings. The van der Waals surface area contributed by atoms with Gasteiger partial charge < -0.3 is 20.3 Å². The lowest BCUT2D eigenvalue weighted by Crippen LogP contribution is -2.68. The van der Waals surface area contributed by atoms with Gasteiger partial charge in [-0.2, -0.15) is 5.26 Å². The van der Waals surface area contributed by atoms with Gasteiger partial charge in [0.2, 0.25) is 0 Å². The molecule has 196 valence electrons. The van der Waals surface area contributed by atoms with E-state index in [0.29, 0.717) is 29.8 Å². The van der Waals surface area contributed by atoms with Crippen molar-refractivity contribution in [1.82, 2.24) is 25.2 Å². The molecule has 0 spiro atoms. The second-order valence-electron chi connectivity index (χ2n) is 10.5. The molecule has 3 atom stereocenters. The summed E-state index contributed by atoms with van der Waals surface area (Å²) in [5.41, 5.74) is 4.55. The van der Waals surface area contributed by atoms with Crippen LogP contribution in [0.2, 0.25) is 0 Å². The normalized spacial score (nSPS) is 24.0. The summed E-state index contributed by atoms with van der Waals surface area (Å²) in [6.07, 6.45) is 6.47. The lowest BCUT2D eigenvalue weighted by Gasteiger charge is -2.56. The minimum Gasteiger partial charge on any atom is -0.508 e. The third kappa shape index (κ3) is 4.01. The zero-order valence-electron chi connectivity index (χ0n) is 21.2. The Labute approximate surface area is 229 Å². The first-order valence-electron chi connectivity index (χ1n) is 12.9. The van der Waals surface area contributed by atoms with Crippen LogP contribution >= 0.6 is 11.8 Å². The van der Waals surface area contributed by atoms with E-state index in [1.807, 2.05) is 29.9 Å². The van der Waals surface area contributed by atoms with E-state index < -0.39 is 0 Å². The number of nitrogens with zero attached hydrogens (tertiary/aromatic N) is 5. The largest absolute Gasteiger partial charge is 0.508 e. The minimum atomic E-state index is -0.332. The maximum atomic E-state index is 13.7. The highest BCUT2D eigenvalue weighted by atomic mass is 32.2. The summed E-state index contributed by atoms with van der Waals surface area (Å²) < 4.78 is 13.7. The maximum Gasteiger partial charge on any atom is 0.138 e. The van der Waals surface area contributed by atoms with Crippen molar-refractivity contribution in [3.05, 3.63) is 83.0 Å². The van der Waals surface area contributed by atoms with Crippen LogP contribution in [-0.2, 0) is 11.4 Å². The molecule has 39 heavy (non-hydrogen) atoms. The zero-order chi connectivity index (χ0) is 26.7. The van der Waals surface area contributed by atoms with Crippen LogP contribution in [0, 0.1) is 17.1 Å². The number of nitrogens with one attached hydrogen (secondary N) is 2. The summed E-state index contributed by atoms with van der Waals surface area (Å²) in [7, 11) is 0. The number of nitriles is 1. The lowest BCUT2D eigenvalue weighted by molar-refractivity contribution is -0.00921. The van der Waals surface area contributed by atoms with Crippen molar-refractivity contribution in [1.29, 1.82) is 5.26 Å². The molecular weight excluding hydrogens is 513 g/mol. The number of aromatic hydroxyl groups is 1. The lowest BCUT2D eigenvalue weighted by atomic mass is 9.86. The fourth-order valence-corrected chi connectivity index (χ4v) is 6.78. The number of anilines is 1.